The zero-order valence-electron chi connectivity index (χ0n) is 13.9. The normalized spacial score (nSPS) is 14.5. The molecular formula is C17H23N5OS. The number of nitrogens with one attached hydrogen (secondary N) is 2. The quantitative estimate of drug-likeness (QED) is 0.874. The second kappa shape index (κ2) is 8.10. The van der Waals surface area contributed by atoms with Crippen molar-refractivity contribution in [1.29, 1.82) is 0 Å². The van der Waals surface area contributed by atoms with Gasteiger partial charge in [0.1, 0.15) is 5.82 Å². The highest BCUT2D eigenvalue weighted by Gasteiger charge is 2.15. The first-order valence-corrected chi connectivity index (χ1v) is 9.22. The maximum Gasteiger partial charge on any atom is 0.315 e. The molecule has 3 heterocycles. The van der Waals surface area contributed by atoms with E-state index < -0.39 is 0 Å². The Bertz CT molecular complexity index is 681. The van der Waals surface area contributed by atoms with E-state index in [1.807, 2.05) is 30.6 Å². The van der Waals surface area contributed by atoms with Crippen LogP contribution < -0.4 is 15.5 Å². The lowest BCUT2D eigenvalue weighted by Crippen LogP contribution is -2.36. The molecule has 6 nitrogen and oxygen atoms in total. The molecule has 2 amide bonds. The Morgan fingerprint density at radius 1 is 1.25 bits per heavy atom. The van der Waals surface area contributed by atoms with Crippen LogP contribution in [0.1, 0.15) is 35.5 Å². The van der Waals surface area contributed by atoms with Crippen LogP contribution in [-0.4, -0.2) is 29.1 Å². The third-order valence-corrected chi connectivity index (χ3v) is 4.88. The van der Waals surface area contributed by atoms with E-state index in [-0.39, 0.29) is 6.03 Å². The Hall–Kier alpha value is -2.15. The molecule has 7 heteroatoms. The average molecular weight is 345 g/mol. The van der Waals surface area contributed by atoms with Crippen molar-refractivity contribution in [2.75, 3.05) is 18.0 Å². The first-order valence-electron chi connectivity index (χ1n) is 8.34. The van der Waals surface area contributed by atoms with Crippen molar-refractivity contribution in [2.24, 2.45) is 0 Å². The van der Waals surface area contributed by atoms with Gasteiger partial charge < -0.3 is 15.5 Å². The van der Waals surface area contributed by atoms with Gasteiger partial charge in [-0.05, 0) is 32.3 Å². The Morgan fingerprint density at radius 3 is 2.79 bits per heavy atom. The molecule has 1 aliphatic rings. The van der Waals surface area contributed by atoms with Crippen LogP contribution in [-0.2, 0) is 13.1 Å². The summed E-state index contributed by atoms with van der Waals surface area (Å²) < 4.78 is 0. The second-order valence-corrected chi connectivity index (χ2v) is 6.99. The third-order valence-electron chi connectivity index (χ3n) is 4.06. The van der Waals surface area contributed by atoms with Crippen molar-refractivity contribution in [3.05, 3.63) is 40.0 Å². The van der Waals surface area contributed by atoms with E-state index in [1.165, 1.54) is 19.3 Å². The number of nitrogens with zero attached hydrogens (tertiary/aromatic N) is 3. The van der Waals surface area contributed by atoms with E-state index in [0.717, 1.165) is 35.2 Å². The fourth-order valence-electron chi connectivity index (χ4n) is 2.86. The van der Waals surface area contributed by atoms with Crippen LogP contribution in [0.3, 0.4) is 0 Å². The van der Waals surface area contributed by atoms with E-state index in [4.69, 9.17) is 0 Å². The number of carbonyl (C=O) groups is 1. The zero-order chi connectivity index (χ0) is 16.8. The van der Waals surface area contributed by atoms with Crippen LogP contribution >= 0.6 is 11.3 Å². The number of piperidine rings is 1. The van der Waals surface area contributed by atoms with Gasteiger partial charge >= 0.3 is 6.03 Å². The number of anilines is 1. The van der Waals surface area contributed by atoms with Gasteiger partial charge in [0.2, 0.25) is 0 Å². The molecule has 0 aromatic carbocycles. The predicted octanol–water partition coefficient (Wildman–Crippen LogP) is 2.84. The van der Waals surface area contributed by atoms with Gasteiger partial charge in [-0.25, -0.2) is 14.8 Å². The SMILES string of the molecule is Cc1nc(CNC(=O)NCc2cccnc2N2CCCCC2)cs1. The van der Waals surface area contributed by atoms with E-state index in [9.17, 15) is 4.79 Å². The molecule has 0 unspecified atom stereocenters. The molecule has 1 aliphatic heterocycles. The van der Waals surface area contributed by atoms with Crippen LogP contribution in [0.2, 0.25) is 0 Å². The lowest BCUT2D eigenvalue weighted by molar-refractivity contribution is 0.240. The number of amides is 2. The Kier molecular flexibility index (Phi) is 5.63. The highest BCUT2D eigenvalue weighted by Crippen LogP contribution is 2.21. The molecule has 0 saturated carbocycles. The first kappa shape index (κ1) is 16.7. The number of thiazole rings is 1. The number of pyridine rings is 1. The van der Waals surface area contributed by atoms with Gasteiger partial charge in [-0.15, -0.1) is 11.3 Å². The van der Waals surface area contributed by atoms with Crippen LogP contribution in [0, 0.1) is 6.92 Å². The van der Waals surface area contributed by atoms with Gasteiger partial charge in [-0.3, -0.25) is 0 Å². The number of hydrogen-bond acceptors (Lipinski definition) is 5. The smallest absolute Gasteiger partial charge is 0.315 e. The summed E-state index contributed by atoms with van der Waals surface area (Å²) in [5.74, 6) is 0.993. The van der Waals surface area contributed by atoms with E-state index in [0.29, 0.717) is 13.1 Å². The van der Waals surface area contributed by atoms with E-state index in [2.05, 4.69) is 25.5 Å². The summed E-state index contributed by atoms with van der Waals surface area (Å²) in [4.78, 5) is 23.2. The van der Waals surface area contributed by atoms with Gasteiger partial charge in [-0.1, -0.05) is 6.07 Å². The predicted molar refractivity (Wildman–Crippen MR) is 96.2 cm³/mol. The van der Waals surface area contributed by atoms with Gasteiger partial charge in [0.05, 0.1) is 17.2 Å². The van der Waals surface area contributed by atoms with Crippen molar-refractivity contribution in [2.45, 2.75) is 39.3 Å². The lowest BCUT2D eigenvalue weighted by atomic mass is 10.1. The van der Waals surface area contributed by atoms with Gasteiger partial charge in [-0.2, -0.15) is 0 Å². The fraction of sp³-hybridized carbons (Fsp3) is 0.471. The molecule has 0 atom stereocenters. The van der Waals surface area contributed by atoms with Crippen molar-refractivity contribution < 1.29 is 4.79 Å². The molecule has 2 aromatic heterocycles. The van der Waals surface area contributed by atoms with Gasteiger partial charge in [0.15, 0.2) is 0 Å². The highest BCUT2D eigenvalue weighted by molar-refractivity contribution is 7.09. The molecule has 2 N–H and O–H groups in total. The molecule has 0 bridgehead atoms. The van der Waals surface area contributed by atoms with Crippen molar-refractivity contribution in [3.8, 4) is 0 Å². The molecule has 1 saturated heterocycles. The summed E-state index contributed by atoms with van der Waals surface area (Å²) in [7, 11) is 0. The highest BCUT2D eigenvalue weighted by atomic mass is 32.1. The molecular weight excluding hydrogens is 322 g/mol. The molecule has 0 aliphatic carbocycles. The number of aromatic nitrogens is 2. The average Bonchev–Trinajstić information content (AvgIpc) is 3.04. The van der Waals surface area contributed by atoms with Crippen molar-refractivity contribution >= 4 is 23.2 Å². The minimum absolute atomic E-state index is 0.186. The third kappa shape index (κ3) is 4.44. The number of urea groups is 1. The van der Waals surface area contributed by atoms with Gasteiger partial charge in [0, 0.05) is 36.8 Å². The Labute approximate surface area is 146 Å². The molecule has 0 radical (unpaired) electrons. The van der Waals surface area contributed by atoms with Crippen LogP contribution in [0.25, 0.3) is 0 Å². The number of rotatable bonds is 5. The molecule has 128 valence electrons. The largest absolute Gasteiger partial charge is 0.356 e. The molecule has 1 fully saturated rings. The molecule has 2 aromatic rings. The summed E-state index contributed by atoms with van der Waals surface area (Å²) in [6.07, 6.45) is 5.52. The summed E-state index contributed by atoms with van der Waals surface area (Å²) in [5, 5.41) is 8.73. The summed E-state index contributed by atoms with van der Waals surface area (Å²) in [6, 6.07) is 3.76. The lowest BCUT2D eigenvalue weighted by Gasteiger charge is -2.29. The maximum atomic E-state index is 12.0. The van der Waals surface area contributed by atoms with E-state index in [1.54, 1.807) is 11.3 Å². The Morgan fingerprint density at radius 2 is 2.04 bits per heavy atom. The maximum absolute atomic E-state index is 12.0. The van der Waals surface area contributed by atoms with E-state index >= 15 is 0 Å². The molecule has 24 heavy (non-hydrogen) atoms. The van der Waals surface area contributed by atoms with Crippen molar-refractivity contribution in [3.63, 3.8) is 0 Å². The monoisotopic (exact) mass is 345 g/mol. The topological polar surface area (TPSA) is 70.1 Å². The van der Waals surface area contributed by atoms with Crippen LogP contribution in [0.15, 0.2) is 23.7 Å². The van der Waals surface area contributed by atoms with Crippen LogP contribution in [0.4, 0.5) is 10.6 Å². The summed E-state index contributed by atoms with van der Waals surface area (Å²) in [6.45, 7) is 4.96. The standard InChI is InChI=1S/C17H23N5OS/c1-13-21-15(12-24-13)11-20-17(23)19-10-14-6-5-7-18-16(14)22-8-3-2-4-9-22/h5-7,12H,2-4,8-11H2,1H3,(H2,19,20,23). The minimum Gasteiger partial charge on any atom is -0.356 e. The second-order valence-electron chi connectivity index (χ2n) is 5.93. The molecule has 3 rings (SSSR count). The van der Waals surface area contributed by atoms with Crippen molar-refractivity contribution in [1.82, 2.24) is 20.6 Å². The minimum atomic E-state index is -0.186. The Balaban J connectivity index is 1.53. The van der Waals surface area contributed by atoms with Gasteiger partial charge in [0.25, 0.3) is 0 Å². The number of carbonyl (C=O) groups excluding carboxylic acids is 1. The zero-order valence-corrected chi connectivity index (χ0v) is 14.7. The summed E-state index contributed by atoms with van der Waals surface area (Å²) >= 11 is 1.59. The fourth-order valence-corrected chi connectivity index (χ4v) is 3.47. The number of hydrogen-bond donors (Lipinski definition) is 2. The molecule has 0 spiro atoms. The summed E-state index contributed by atoms with van der Waals surface area (Å²) in [5.41, 5.74) is 1.95. The first-order chi connectivity index (χ1) is 11.7. The van der Waals surface area contributed by atoms with Crippen LogP contribution in [0.5, 0.6) is 0 Å². The number of aryl methyl sites for hydroxylation is 1.